The Morgan fingerprint density at radius 3 is 2.52 bits per heavy atom. The zero-order valence-electron chi connectivity index (χ0n) is 15.7. The Morgan fingerprint density at radius 2 is 1.81 bits per heavy atom. The molecule has 0 spiro atoms. The summed E-state index contributed by atoms with van der Waals surface area (Å²) < 4.78 is 5.13. The highest BCUT2D eigenvalue weighted by Gasteiger charge is 2.15. The number of rotatable bonds is 8. The first kappa shape index (κ1) is 20.7. The Hall–Kier alpha value is -2.57. The molecule has 0 aliphatic carbocycles. The van der Waals surface area contributed by atoms with Gasteiger partial charge < -0.3 is 15.4 Å². The molecule has 2 N–H and O–H groups in total. The second kappa shape index (κ2) is 9.94. The van der Waals surface area contributed by atoms with Gasteiger partial charge >= 0.3 is 0 Å². The molecule has 27 heavy (non-hydrogen) atoms. The van der Waals surface area contributed by atoms with Crippen molar-refractivity contribution in [2.75, 3.05) is 32.6 Å². The van der Waals surface area contributed by atoms with Gasteiger partial charge in [-0.05, 0) is 37.7 Å². The second-order valence-electron chi connectivity index (χ2n) is 6.26. The highest BCUT2D eigenvalue weighted by atomic mass is 35.5. The van der Waals surface area contributed by atoms with Gasteiger partial charge in [0.1, 0.15) is 5.75 Å². The number of methoxy groups -OCH3 is 1. The van der Waals surface area contributed by atoms with Gasteiger partial charge in [-0.2, -0.15) is 0 Å². The molecule has 144 valence electrons. The van der Waals surface area contributed by atoms with Crippen LogP contribution in [0.15, 0.2) is 48.5 Å². The number of hydrogen-bond acceptors (Lipinski definition) is 4. The van der Waals surface area contributed by atoms with Crippen LogP contribution in [-0.4, -0.2) is 44.0 Å². The quantitative estimate of drug-likeness (QED) is 0.727. The van der Waals surface area contributed by atoms with Crippen molar-refractivity contribution in [2.24, 2.45) is 0 Å². The topological polar surface area (TPSA) is 70.7 Å². The van der Waals surface area contributed by atoms with Crippen molar-refractivity contribution in [3.05, 3.63) is 59.1 Å². The van der Waals surface area contributed by atoms with Gasteiger partial charge in [0.25, 0.3) is 0 Å². The van der Waals surface area contributed by atoms with Crippen LogP contribution in [0, 0.1) is 0 Å². The molecule has 0 radical (unpaired) electrons. The third-order valence-corrected chi connectivity index (χ3v) is 4.27. The molecule has 0 aliphatic rings. The molecule has 2 amide bonds. The zero-order chi connectivity index (χ0) is 19.8. The van der Waals surface area contributed by atoms with Crippen molar-refractivity contribution >= 4 is 29.1 Å². The minimum absolute atomic E-state index is 0.0884. The molecule has 0 bridgehead atoms. The summed E-state index contributed by atoms with van der Waals surface area (Å²) in [6.07, 6.45) is 0. The molecule has 0 aliphatic heterocycles. The van der Waals surface area contributed by atoms with Gasteiger partial charge in [0.2, 0.25) is 11.8 Å². The molecular formula is C20H24ClN3O3. The third kappa shape index (κ3) is 6.58. The van der Waals surface area contributed by atoms with Gasteiger partial charge in [0, 0.05) is 16.8 Å². The molecular weight excluding hydrogens is 366 g/mol. The first-order valence-corrected chi connectivity index (χ1v) is 8.93. The molecule has 0 aromatic heterocycles. The fraction of sp³-hybridized carbons (Fsp3) is 0.300. The van der Waals surface area contributed by atoms with Crippen LogP contribution in [0.1, 0.15) is 18.5 Å². The maximum absolute atomic E-state index is 12.2. The standard InChI is InChI=1S/C20H24ClN3O3/c1-14(17-9-4-5-10-18(17)21)22-19(25)12-24(2)13-20(26)23-15-7-6-8-16(11-15)27-3/h4-11,14H,12-13H2,1-3H3,(H,22,25)(H,23,26)/t14-/m1/s1. The summed E-state index contributed by atoms with van der Waals surface area (Å²) in [5, 5.41) is 6.29. The molecule has 2 aromatic rings. The van der Waals surface area contributed by atoms with Crippen LogP contribution in [0.5, 0.6) is 5.75 Å². The SMILES string of the molecule is COc1cccc(NC(=O)CN(C)CC(=O)N[C@H](C)c2ccccc2Cl)c1. The van der Waals surface area contributed by atoms with Crippen molar-refractivity contribution in [2.45, 2.75) is 13.0 Å². The largest absolute Gasteiger partial charge is 0.497 e. The fourth-order valence-corrected chi connectivity index (χ4v) is 2.94. The summed E-state index contributed by atoms with van der Waals surface area (Å²) >= 11 is 6.15. The summed E-state index contributed by atoms with van der Waals surface area (Å²) in [4.78, 5) is 26.0. The number of ether oxygens (including phenoxy) is 1. The number of nitrogens with zero attached hydrogens (tertiary/aromatic N) is 1. The van der Waals surface area contributed by atoms with E-state index < -0.39 is 0 Å². The van der Waals surface area contributed by atoms with E-state index in [4.69, 9.17) is 16.3 Å². The Labute approximate surface area is 164 Å². The van der Waals surface area contributed by atoms with E-state index in [1.54, 1.807) is 49.4 Å². The van der Waals surface area contributed by atoms with E-state index in [-0.39, 0.29) is 30.9 Å². The smallest absolute Gasteiger partial charge is 0.238 e. The van der Waals surface area contributed by atoms with Gasteiger partial charge in [-0.15, -0.1) is 0 Å². The number of amides is 2. The van der Waals surface area contributed by atoms with Gasteiger partial charge in [0.15, 0.2) is 0 Å². The highest BCUT2D eigenvalue weighted by Crippen LogP contribution is 2.22. The summed E-state index contributed by atoms with van der Waals surface area (Å²) in [6.45, 7) is 2.06. The molecule has 2 rings (SSSR count). The van der Waals surface area contributed by atoms with Crippen LogP contribution in [0.25, 0.3) is 0 Å². The maximum atomic E-state index is 12.2. The lowest BCUT2D eigenvalue weighted by atomic mass is 10.1. The van der Waals surface area contributed by atoms with Crippen LogP contribution in [0.2, 0.25) is 5.02 Å². The van der Waals surface area contributed by atoms with Gasteiger partial charge in [-0.3, -0.25) is 14.5 Å². The molecule has 0 fully saturated rings. The Balaban J connectivity index is 1.81. The lowest BCUT2D eigenvalue weighted by Crippen LogP contribution is -2.39. The number of likely N-dealkylation sites (N-methyl/N-ethyl adjacent to an activating group) is 1. The monoisotopic (exact) mass is 389 g/mol. The van der Waals surface area contributed by atoms with Crippen molar-refractivity contribution in [1.82, 2.24) is 10.2 Å². The normalized spacial score (nSPS) is 11.7. The van der Waals surface area contributed by atoms with Gasteiger partial charge in [-0.25, -0.2) is 0 Å². The lowest BCUT2D eigenvalue weighted by Gasteiger charge is -2.19. The molecule has 0 heterocycles. The Bertz CT molecular complexity index is 798. The number of halogens is 1. The van der Waals surface area contributed by atoms with E-state index >= 15 is 0 Å². The Kier molecular flexibility index (Phi) is 7.64. The van der Waals surface area contributed by atoms with Crippen molar-refractivity contribution < 1.29 is 14.3 Å². The van der Waals surface area contributed by atoms with Crippen molar-refractivity contribution in [3.63, 3.8) is 0 Å². The first-order chi connectivity index (χ1) is 12.9. The first-order valence-electron chi connectivity index (χ1n) is 8.55. The molecule has 6 nitrogen and oxygen atoms in total. The van der Waals surface area contributed by atoms with Crippen LogP contribution >= 0.6 is 11.6 Å². The number of nitrogens with one attached hydrogen (secondary N) is 2. The molecule has 1 atom stereocenters. The van der Waals surface area contributed by atoms with Crippen LogP contribution in [0.4, 0.5) is 5.69 Å². The molecule has 0 unspecified atom stereocenters. The van der Waals surface area contributed by atoms with Crippen LogP contribution in [0.3, 0.4) is 0 Å². The molecule has 0 saturated carbocycles. The van der Waals surface area contributed by atoms with Crippen molar-refractivity contribution in [3.8, 4) is 5.75 Å². The van der Waals surface area contributed by atoms with E-state index in [0.717, 1.165) is 5.56 Å². The van der Waals surface area contributed by atoms with Gasteiger partial charge in [0.05, 0.1) is 26.2 Å². The summed E-state index contributed by atoms with van der Waals surface area (Å²) in [7, 11) is 3.28. The number of carbonyl (C=O) groups excluding carboxylic acids is 2. The fourth-order valence-electron chi connectivity index (χ4n) is 2.64. The molecule has 0 saturated heterocycles. The average molecular weight is 390 g/mol. The molecule has 7 heteroatoms. The predicted molar refractivity (Wildman–Crippen MR) is 107 cm³/mol. The van der Waals surface area contributed by atoms with E-state index in [1.165, 1.54) is 0 Å². The van der Waals surface area contributed by atoms with Crippen molar-refractivity contribution in [1.29, 1.82) is 0 Å². The second-order valence-corrected chi connectivity index (χ2v) is 6.67. The number of benzene rings is 2. The maximum Gasteiger partial charge on any atom is 0.238 e. The average Bonchev–Trinajstić information content (AvgIpc) is 2.61. The van der Waals surface area contributed by atoms with E-state index in [2.05, 4.69) is 10.6 Å². The minimum atomic E-state index is -0.217. The summed E-state index contributed by atoms with van der Waals surface area (Å²) in [5.41, 5.74) is 1.50. The van der Waals surface area contributed by atoms with E-state index in [0.29, 0.717) is 16.5 Å². The predicted octanol–water partition coefficient (Wildman–Crippen LogP) is 3.10. The van der Waals surface area contributed by atoms with Gasteiger partial charge in [-0.1, -0.05) is 35.9 Å². The minimum Gasteiger partial charge on any atom is -0.497 e. The Morgan fingerprint density at radius 1 is 1.11 bits per heavy atom. The highest BCUT2D eigenvalue weighted by molar-refractivity contribution is 6.31. The molecule has 2 aromatic carbocycles. The summed E-state index contributed by atoms with van der Waals surface area (Å²) in [6, 6.07) is 14.3. The third-order valence-electron chi connectivity index (χ3n) is 3.93. The number of carbonyl (C=O) groups is 2. The van der Waals surface area contributed by atoms with Crippen LogP contribution in [-0.2, 0) is 9.59 Å². The lowest BCUT2D eigenvalue weighted by molar-refractivity contribution is -0.123. The summed E-state index contributed by atoms with van der Waals surface area (Å²) in [5.74, 6) is 0.269. The zero-order valence-corrected chi connectivity index (χ0v) is 16.4. The van der Waals surface area contributed by atoms with E-state index in [1.807, 2.05) is 25.1 Å². The number of hydrogen-bond donors (Lipinski definition) is 2. The van der Waals surface area contributed by atoms with E-state index in [9.17, 15) is 9.59 Å². The van der Waals surface area contributed by atoms with Crippen LogP contribution < -0.4 is 15.4 Å². The number of anilines is 1.